The Hall–Kier alpha value is -1.58. The summed E-state index contributed by atoms with van der Waals surface area (Å²) in [5.41, 5.74) is 0.169. The molecule has 1 aliphatic carbocycles. The lowest BCUT2D eigenvalue weighted by Crippen LogP contribution is -2.39. The maximum absolute atomic E-state index is 12.9. The first-order valence-corrected chi connectivity index (χ1v) is 6.74. The predicted octanol–water partition coefficient (Wildman–Crippen LogP) is 3.18. The number of phenols is 1. The van der Waals surface area contributed by atoms with Gasteiger partial charge in [-0.05, 0) is 43.7 Å². The quantitative estimate of drug-likeness (QED) is 0.892. The Bertz CT molecular complexity index is 467. The maximum atomic E-state index is 12.9. The fraction of sp³-hybridized carbons (Fsp3) is 0.533. The fourth-order valence-electron chi connectivity index (χ4n) is 2.67. The number of hydrogen-bond acceptors (Lipinski definition) is 2. The molecule has 0 unspecified atom stereocenters. The van der Waals surface area contributed by atoms with Crippen LogP contribution in [0.2, 0.25) is 0 Å². The average molecular weight is 265 g/mol. The van der Waals surface area contributed by atoms with Crippen molar-refractivity contribution in [1.82, 2.24) is 4.90 Å². The second kappa shape index (κ2) is 5.59. The van der Waals surface area contributed by atoms with E-state index < -0.39 is 5.82 Å². The molecule has 1 aliphatic rings. The van der Waals surface area contributed by atoms with Crippen LogP contribution in [0.5, 0.6) is 5.75 Å². The lowest BCUT2D eigenvalue weighted by molar-refractivity contribution is 0.0676. The third-order valence-electron chi connectivity index (χ3n) is 4.04. The van der Waals surface area contributed by atoms with Crippen LogP contribution in [0, 0.1) is 11.7 Å². The highest BCUT2D eigenvalue weighted by atomic mass is 19.1. The summed E-state index contributed by atoms with van der Waals surface area (Å²) in [7, 11) is 1.76. The highest BCUT2D eigenvalue weighted by Gasteiger charge is 2.26. The summed E-state index contributed by atoms with van der Waals surface area (Å²) in [5.74, 6) is -0.347. The van der Waals surface area contributed by atoms with Crippen molar-refractivity contribution in [3.63, 3.8) is 0 Å². The highest BCUT2D eigenvalue weighted by Crippen LogP contribution is 2.28. The van der Waals surface area contributed by atoms with Gasteiger partial charge in [-0.3, -0.25) is 4.79 Å². The molecule has 0 saturated heterocycles. The number of amides is 1. The summed E-state index contributed by atoms with van der Waals surface area (Å²) in [6, 6.07) is 3.73. The third kappa shape index (κ3) is 3.06. The first kappa shape index (κ1) is 13.8. The first-order chi connectivity index (χ1) is 8.99. The van der Waals surface area contributed by atoms with E-state index in [0.29, 0.717) is 0 Å². The number of rotatable bonds is 2. The Morgan fingerprint density at radius 1 is 1.32 bits per heavy atom. The van der Waals surface area contributed by atoms with Gasteiger partial charge in [0, 0.05) is 19.2 Å². The van der Waals surface area contributed by atoms with Gasteiger partial charge in [0.2, 0.25) is 0 Å². The molecule has 1 saturated carbocycles. The van der Waals surface area contributed by atoms with Gasteiger partial charge in [-0.2, -0.15) is 0 Å². The summed E-state index contributed by atoms with van der Waals surface area (Å²) in [6.07, 6.45) is 4.23. The molecule has 1 amide bonds. The van der Waals surface area contributed by atoms with Crippen LogP contribution in [-0.2, 0) is 0 Å². The summed E-state index contributed by atoms with van der Waals surface area (Å²) in [4.78, 5) is 14.0. The van der Waals surface area contributed by atoms with Gasteiger partial charge >= 0.3 is 0 Å². The molecule has 3 nitrogen and oxygen atoms in total. The van der Waals surface area contributed by atoms with E-state index in [4.69, 9.17) is 0 Å². The fourth-order valence-corrected chi connectivity index (χ4v) is 2.67. The standard InChI is InChI=1S/C15H20FNO2/c1-10-3-6-12(7-4-10)17(2)15(19)13-8-5-11(16)9-14(13)18/h5,8-10,12,18H,3-4,6-7H2,1-2H3. The number of hydrogen-bond donors (Lipinski definition) is 1. The molecule has 1 fully saturated rings. The molecule has 0 aromatic heterocycles. The monoisotopic (exact) mass is 265 g/mol. The minimum absolute atomic E-state index is 0.169. The largest absolute Gasteiger partial charge is 0.507 e. The lowest BCUT2D eigenvalue weighted by atomic mass is 9.86. The van der Waals surface area contributed by atoms with Crippen LogP contribution in [-0.4, -0.2) is 29.0 Å². The summed E-state index contributed by atoms with van der Waals surface area (Å²) >= 11 is 0. The minimum Gasteiger partial charge on any atom is -0.507 e. The molecule has 0 bridgehead atoms. The van der Waals surface area contributed by atoms with E-state index in [1.54, 1.807) is 11.9 Å². The Kier molecular flexibility index (Phi) is 4.08. The first-order valence-electron chi connectivity index (χ1n) is 6.74. The van der Waals surface area contributed by atoms with Gasteiger partial charge in [0.1, 0.15) is 11.6 Å². The third-order valence-corrected chi connectivity index (χ3v) is 4.04. The number of carbonyl (C=O) groups is 1. The van der Waals surface area contributed by atoms with Crippen molar-refractivity contribution in [3.8, 4) is 5.75 Å². The van der Waals surface area contributed by atoms with Crippen LogP contribution in [0.15, 0.2) is 18.2 Å². The van der Waals surface area contributed by atoms with Crippen LogP contribution >= 0.6 is 0 Å². The number of halogens is 1. The Balaban J connectivity index is 2.10. The zero-order chi connectivity index (χ0) is 14.0. The van der Waals surface area contributed by atoms with Gasteiger partial charge in [0.25, 0.3) is 5.91 Å². The van der Waals surface area contributed by atoms with Gasteiger partial charge < -0.3 is 10.0 Å². The predicted molar refractivity (Wildman–Crippen MR) is 71.6 cm³/mol. The van der Waals surface area contributed by atoms with Gasteiger partial charge in [-0.1, -0.05) is 6.92 Å². The van der Waals surface area contributed by atoms with Crippen molar-refractivity contribution in [3.05, 3.63) is 29.6 Å². The van der Waals surface area contributed by atoms with Gasteiger partial charge in [0.15, 0.2) is 0 Å². The van der Waals surface area contributed by atoms with Crippen molar-refractivity contribution in [1.29, 1.82) is 0 Å². The summed E-state index contributed by atoms with van der Waals surface area (Å²) < 4.78 is 12.9. The molecule has 4 heteroatoms. The Morgan fingerprint density at radius 2 is 1.95 bits per heavy atom. The molecule has 0 radical (unpaired) electrons. The zero-order valence-corrected chi connectivity index (χ0v) is 11.4. The lowest BCUT2D eigenvalue weighted by Gasteiger charge is -2.33. The van der Waals surface area contributed by atoms with Crippen LogP contribution in [0.1, 0.15) is 43.0 Å². The van der Waals surface area contributed by atoms with E-state index in [0.717, 1.165) is 37.7 Å². The summed E-state index contributed by atoms with van der Waals surface area (Å²) in [5, 5.41) is 9.66. The van der Waals surface area contributed by atoms with Crippen LogP contribution in [0.25, 0.3) is 0 Å². The molecule has 1 aromatic carbocycles. The molecule has 0 atom stereocenters. The van der Waals surface area contributed by atoms with Crippen LogP contribution < -0.4 is 0 Å². The summed E-state index contributed by atoms with van der Waals surface area (Å²) in [6.45, 7) is 2.23. The van der Waals surface area contributed by atoms with Crippen molar-refractivity contribution >= 4 is 5.91 Å². The Labute approximate surface area is 113 Å². The van der Waals surface area contributed by atoms with Crippen LogP contribution in [0.4, 0.5) is 4.39 Å². The average Bonchev–Trinajstić information content (AvgIpc) is 2.38. The Morgan fingerprint density at radius 3 is 2.53 bits per heavy atom. The van der Waals surface area contributed by atoms with Crippen molar-refractivity contribution in [2.24, 2.45) is 5.92 Å². The van der Waals surface area contributed by atoms with E-state index in [-0.39, 0.29) is 23.3 Å². The number of phenolic OH excluding ortho intramolecular Hbond substituents is 1. The molecule has 1 N–H and O–H groups in total. The van der Waals surface area contributed by atoms with Gasteiger partial charge in [-0.15, -0.1) is 0 Å². The number of carbonyl (C=O) groups excluding carboxylic acids is 1. The molecule has 0 heterocycles. The van der Waals surface area contributed by atoms with Crippen molar-refractivity contribution < 1.29 is 14.3 Å². The normalized spacial score (nSPS) is 23.1. The highest BCUT2D eigenvalue weighted by molar-refractivity contribution is 5.96. The molecule has 104 valence electrons. The SMILES string of the molecule is CC1CCC(N(C)C(=O)c2ccc(F)cc2O)CC1. The number of nitrogens with zero attached hydrogens (tertiary/aromatic N) is 1. The van der Waals surface area contributed by atoms with Crippen LogP contribution in [0.3, 0.4) is 0 Å². The van der Waals surface area contributed by atoms with Crippen molar-refractivity contribution in [2.75, 3.05) is 7.05 Å². The van der Waals surface area contributed by atoms with E-state index in [1.165, 1.54) is 12.1 Å². The second-order valence-electron chi connectivity index (χ2n) is 5.49. The minimum atomic E-state index is -0.539. The topological polar surface area (TPSA) is 40.5 Å². The van der Waals surface area contributed by atoms with Crippen molar-refractivity contribution in [2.45, 2.75) is 38.6 Å². The smallest absolute Gasteiger partial charge is 0.257 e. The molecular formula is C15H20FNO2. The molecule has 19 heavy (non-hydrogen) atoms. The molecule has 0 spiro atoms. The van der Waals surface area contributed by atoms with E-state index >= 15 is 0 Å². The molecule has 0 aliphatic heterocycles. The van der Waals surface area contributed by atoms with E-state index in [9.17, 15) is 14.3 Å². The molecular weight excluding hydrogens is 245 g/mol. The zero-order valence-electron chi connectivity index (χ0n) is 11.4. The van der Waals surface area contributed by atoms with Gasteiger partial charge in [-0.25, -0.2) is 4.39 Å². The van der Waals surface area contributed by atoms with E-state index in [1.807, 2.05) is 0 Å². The molecule has 1 aromatic rings. The van der Waals surface area contributed by atoms with E-state index in [2.05, 4.69) is 6.92 Å². The van der Waals surface area contributed by atoms with Gasteiger partial charge in [0.05, 0.1) is 5.56 Å². The maximum Gasteiger partial charge on any atom is 0.257 e. The molecule has 2 rings (SSSR count). The number of aromatic hydroxyl groups is 1. The number of benzene rings is 1. The second-order valence-corrected chi connectivity index (χ2v) is 5.49.